The summed E-state index contributed by atoms with van der Waals surface area (Å²) in [5.41, 5.74) is 2.51. The molecule has 1 aromatic heterocycles. The highest BCUT2D eigenvalue weighted by Gasteiger charge is 2.28. The lowest BCUT2D eigenvalue weighted by molar-refractivity contribution is 0.103. The van der Waals surface area contributed by atoms with Crippen LogP contribution < -0.4 is 5.32 Å². The lowest BCUT2D eigenvalue weighted by Crippen LogP contribution is -2.54. The highest BCUT2D eigenvalue weighted by Crippen LogP contribution is 2.26. The maximum Gasteiger partial charge on any atom is 0.0641 e. The first kappa shape index (κ1) is 12.6. The first-order valence-corrected chi connectivity index (χ1v) is 6.48. The maximum atomic E-state index is 4.45. The molecule has 1 saturated heterocycles. The van der Waals surface area contributed by atoms with E-state index in [1.165, 1.54) is 5.56 Å². The van der Waals surface area contributed by atoms with Crippen LogP contribution in [-0.2, 0) is 7.05 Å². The number of hydrogen-bond acceptors (Lipinski definition) is 3. The largest absolute Gasteiger partial charge is 0.311 e. The van der Waals surface area contributed by atoms with Crippen LogP contribution in [-0.4, -0.2) is 39.9 Å². The van der Waals surface area contributed by atoms with Gasteiger partial charge in [-0.1, -0.05) is 0 Å². The highest BCUT2D eigenvalue weighted by molar-refractivity contribution is 5.20. The molecule has 0 aromatic carbocycles. The molecule has 3 atom stereocenters. The van der Waals surface area contributed by atoms with Crippen LogP contribution in [0.3, 0.4) is 0 Å². The summed E-state index contributed by atoms with van der Waals surface area (Å²) in [6.45, 7) is 11.1. The van der Waals surface area contributed by atoms with Gasteiger partial charge in [-0.3, -0.25) is 9.58 Å². The lowest BCUT2D eigenvalue weighted by Gasteiger charge is -2.41. The number of nitrogens with one attached hydrogen (secondary N) is 1. The summed E-state index contributed by atoms with van der Waals surface area (Å²) in [6.07, 6.45) is 2.15. The van der Waals surface area contributed by atoms with E-state index in [-0.39, 0.29) is 0 Å². The van der Waals surface area contributed by atoms with Crippen molar-refractivity contribution < 1.29 is 0 Å². The van der Waals surface area contributed by atoms with Gasteiger partial charge in [-0.15, -0.1) is 0 Å². The van der Waals surface area contributed by atoms with E-state index in [1.54, 1.807) is 0 Å². The number of nitrogens with zero attached hydrogens (tertiary/aromatic N) is 3. The van der Waals surface area contributed by atoms with E-state index >= 15 is 0 Å². The molecule has 2 rings (SSSR count). The summed E-state index contributed by atoms with van der Waals surface area (Å²) in [7, 11) is 1.99. The molecule has 0 saturated carbocycles. The van der Waals surface area contributed by atoms with Gasteiger partial charge in [0.15, 0.2) is 0 Å². The third-order valence-electron chi connectivity index (χ3n) is 3.81. The maximum absolute atomic E-state index is 4.45. The van der Waals surface area contributed by atoms with E-state index in [1.807, 2.05) is 11.7 Å². The Labute approximate surface area is 104 Å². The second kappa shape index (κ2) is 4.78. The molecular formula is C13H24N4. The predicted octanol–water partition coefficient (Wildman–Crippen LogP) is 1.47. The summed E-state index contributed by atoms with van der Waals surface area (Å²) >= 11 is 0. The van der Waals surface area contributed by atoms with Gasteiger partial charge in [-0.25, -0.2) is 0 Å². The van der Waals surface area contributed by atoms with Crippen molar-refractivity contribution in [1.82, 2.24) is 20.0 Å². The third-order valence-corrected chi connectivity index (χ3v) is 3.81. The van der Waals surface area contributed by atoms with Gasteiger partial charge in [0, 0.05) is 50.0 Å². The minimum atomic E-state index is 0.447. The molecule has 96 valence electrons. The Hall–Kier alpha value is -0.870. The van der Waals surface area contributed by atoms with Crippen LogP contribution >= 0.6 is 0 Å². The van der Waals surface area contributed by atoms with Gasteiger partial charge in [0.2, 0.25) is 0 Å². The zero-order valence-electron chi connectivity index (χ0n) is 11.6. The lowest BCUT2D eigenvalue weighted by atomic mass is 10.0. The summed E-state index contributed by atoms with van der Waals surface area (Å²) in [5.74, 6) is 0. The Morgan fingerprint density at radius 1 is 1.47 bits per heavy atom. The van der Waals surface area contributed by atoms with Gasteiger partial charge < -0.3 is 5.32 Å². The van der Waals surface area contributed by atoms with Crippen molar-refractivity contribution in [2.75, 3.05) is 13.1 Å². The summed E-state index contributed by atoms with van der Waals surface area (Å²) in [5, 5.41) is 7.97. The third kappa shape index (κ3) is 2.53. The van der Waals surface area contributed by atoms with E-state index in [0.717, 1.165) is 18.8 Å². The molecular weight excluding hydrogens is 212 g/mol. The van der Waals surface area contributed by atoms with Gasteiger partial charge in [-0.2, -0.15) is 5.10 Å². The average molecular weight is 236 g/mol. The summed E-state index contributed by atoms with van der Waals surface area (Å²) in [6, 6.07) is 1.61. The molecule has 1 fully saturated rings. The molecule has 1 aromatic rings. The van der Waals surface area contributed by atoms with Gasteiger partial charge >= 0.3 is 0 Å². The summed E-state index contributed by atoms with van der Waals surface area (Å²) < 4.78 is 1.91. The minimum Gasteiger partial charge on any atom is -0.311 e. The summed E-state index contributed by atoms with van der Waals surface area (Å²) in [4.78, 5) is 2.57. The molecule has 0 amide bonds. The molecule has 4 heteroatoms. The monoisotopic (exact) mass is 236 g/mol. The fourth-order valence-electron chi connectivity index (χ4n) is 2.80. The molecule has 0 bridgehead atoms. The standard InChI is InChI=1S/C13H24N4/c1-9-7-17(10(2)6-14-9)12(4)13-8-16(5)15-11(13)3/h8-10,12,14H,6-7H2,1-5H3. The Morgan fingerprint density at radius 3 is 2.76 bits per heavy atom. The Bertz CT molecular complexity index is 385. The molecule has 1 aliphatic rings. The van der Waals surface area contributed by atoms with Crippen LogP contribution in [0.2, 0.25) is 0 Å². The van der Waals surface area contributed by atoms with Crippen molar-refractivity contribution in [3.63, 3.8) is 0 Å². The van der Waals surface area contributed by atoms with E-state index in [0.29, 0.717) is 18.1 Å². The smallest absolute Gasteiger partial charge is 0.0641 e. The quantitative estimate of drug-likeness (QED) is 0.844. The zero-order valence-corrected chi connectivity index (χ0v) is 11.6. The van der Waals surface area contributed by atoms with Crippen LogP contribution in [0.1, 0.15) is 38.1 Å². The molecule has 0 radical (unpaired) electrons. The van der Waals surface area contributed by atoms with Crippen molar-refractivity contribution in [2.24, 2.45) is 7.05 Å². The van der Waals surface area contributed by atoms with E-state index in [9.17, 15) is 0 Å². The fourth-order valence-corrected chi connectivity index (χ4v) is 2.80. The Balaban J connectivity index is 2.18. The molecule has 0 spiro atoms. The van der Waals surface area contributed by atoms with Crippen LogP contribution in [0.5, 0.6) is 0 Å². The topological polar surface area (TPSA) is 33.1 Å². The van der Waals surface area contributed by atoms with E-state index < -0.39 is 0 Å². The first-order chi connectivity index (χ1) is 7.99. The Kier molecular flexibility index (Phi) is 3.54. The number of rotatable bonds is 2. The van der Waals surface area contributed by atoms with Gasteiger partial charge in [0.05, 0.1) is 5.69 Å². The molecule has 1 aliphatic heterocycles. The SMILES string of the molecule is Cc1nn(C)cc1C(C)N1CC(C)NCC1C. The number of piperazine rings is 1. The predicted molar refractivity (Wildman–Crippen MR) is 70.0 cm³/mol. The molecule has 1 N–H and O–H groups in total. The van der Waals surface area contributed by atoms with Crippen LogP contribution in [0.4, 0.5) is 0 Å². The highest BCUT2D eigenvalue weighted by atomic mass is 15.3. The average Bonchev–Trinajstić information content (AvgIpc) is 2.60. The minimum absolute atomic E-state index is 0.447. The number of hydrogen-bond donors (Lipinski definition) is 1. The zero-order chi connectivity index (χ0) is 12.6. The van der Waals surface area contributed by atoms with E-state index in [4.69, 9.17) is 0 Å². The van der Waals surface area contributed by atoms with Crippen LogP contribution in [0.15, 0.2) is 6.20 Å². The van der Waals surface area contributed by atoms with Crippen LogP contribution in [0.25, 0.3) is 0 Å². The van der Waals surface area contributed by atoms with Crippen molar-refractivity contribution >= 4 is 0 Å². The molecule has 4 nitrogen and oxygen atoms in total. The molecule has 17 heavy (non-hydrogen) atoms. The van der Waals surface area contributed by atoms with Crippen molar-refractivity contribution in [1.29, 1.82) is 0 Å². The van der Waals surface area contributed by atoms with Gasteiger partial charge in [0.1, 0.15) is 0 Å². The second-order valence-electron chi connectivity index (χ2n) is 5.37. The van der Waals surface area contributed by atoms with Crippen LogP contribution in [0, 0.1) is 6.92 Å². The van der Waals surface area contributed by atoms with Crippen molar-refractivity contribution in [3.8, 4) is 0 Å². The van der Waals surface area contributed by atoms with E-state index in [2.05, 4.69) is 49.2 Å². The first-order valence-electron chi connectivity index (χ1n) is 6.48. The van der Waals surface area contributed by atoms with Gasteiger partial charge in [0.25, 0.3) is 0 Å². The van der Waals surface area contributed by atoms with Crippen molar-refractivity contribution in [3.05, 3.63) is 17.5 Å². The van der Waals surface area contributed by atoms with Gasteiger partial charge in [-0.05, 0) is 27.7 Å². The fraction of sp³-hybridized carbons (Fsp3) is 0.769. The molecule has 0 aliphatic carbocycles. The Morgan fingerprint density at radius 2 is 2.18 bits per heavy atom. The molecule has 2 heterocycles. The second-order valence-corrected chi connectivity index (χ2v) is 5.37. The normalized spacial score (nSPS) is 28.3. The number of aryl methyl sites for hydroxylation is 2. The number of aromatic nitrogens is 2. The van der Waals surface area contributed by atoms with Crippen molar-refractivity contribution in [2.45, 2.75) is 45.8 Å². The molecule has 3 unspecified atom stereocenters.